The van der Waals surface area contributed by atoms with Gasteiger partial charge in [-0.2, -0.15) is 8.42 Å². The number of rotatable bonds is 4. The number of Topliss-reactive ketones (excluding diaryl/α,β-unsaturated/α-hetero) is 1. The topological polar surface area (TPSA) is 132 Å². The van der Waals surface area contributed by atoms with Crippen molar-refractivity contribution in [1.29, 1.82) is 0 Å². The Bertz CT molecular complexity index is 1690. The van der Waals surface area contributed by atoms with Gasteiger partial charge in [-0.25, -0.2) is 9.36 Å². The number of aromatic nitrogens is 1. The number of benzene rings is 1. The van der Waals surface area contributed by atoms with Crippen LogP contribution in [0.1, 0.15) is 37.1 Å². The third-order valence-electron chi connectivity index (χ3n) is 6.43. The molecular formula is C26H21ClN2O7S. The lowest BCUT2D eigenvalue weighted by Gasteiger charge is -2.33. The van der Waals surface area contributed by atoms with Crippen LogP contribution < -0.4 is 10.9 Å². The lowest BCUT2D eigenvalue weighted by atomic mass is 9.72. The van der Waals surface area contributed by atoms with Gasteiger partial charge in [-0.1, -0.05) is 23.8 Å². The second-order valence-corrected chi connectivity index (χ2v) is 10.6. The second-order valence-electron chi connectivity index (χ2n) is 8.73. The summed E-state index contributed by atoms with van der Waals surface area (Å²) >= 11 is 5.91. The summed E-state index contributed by atoms with van der Waals surface area (Å²) in [4.78, 5) is 38.7. The second kappa shape index (κ2) is 8.98. The van der Waals surface area contributed by atoms with Crippen LogP contribution in [0.4, 0.5) is 10.5 Å². The van der Waals surface area contributed by atoms with Crippen LogP contribution in [0.3, 0.4) is 0 Å². The molecule has 37 heavy (non-hydrogen) atoms. The number of carbonyl (C=O) groups is 2. The summed E-state index contributed by atoms with van der Waals surface area (Å²) in [5.74, 6) is -1.09. The molecule has 5 rings (SSSR count). The number of halogens is 1. The number of anilines is 1. The first-order valence-corrected chi connectivity index (χ1v) is 13.2. The van der Waals surface area contributed by atoms with Gasteiger partial charge < -0.3 is 10.1 Å². The first kappa shape index (κ1) is 24.9. The number of hydrogen-bond acceptors (Lipinski definition) is 7. The van der Waals surface area contributed by atoms with Crippen molar-refractivity contribution >= 4 is 56.5 Å². The van der Waals surface area contributed by atoms with E-state index in [2.05, 4.69) is 5.32 Å². The summed E-state index contributed by atoms with van der Waals surface area (Å²) in [7, 11) is -4.62. The third-order valence-corrected chi connectivity index (χ3v) is 7.56. The molecule has 0 spiro atoms. The van der Waals surface area contributed by atoms with Crippen LogP contribution in [-0.2, 0) is 19.6 Å². The molecule has 0 saturated carbocycles. The molecule has 0 fully saturated rings. The highest BCUT2D eigenvalue weighted by atomic mass is 35.5. The molecule has 3 aliphatic rings. The predicted octanol–water partition coefficient (Wildman–Crippen LogP) is 4.54. The Kier molecular flexibility index (Phi) is 6.06. The van der Waals surface area contributed by atoms with Gasteiger partial charge in [0.25, 0.3) is 15.7 Å². The minimum atomic E-state index is -4.62. The van der Waals surface area contributed by atoms with Crippen molar-refractivity contribution in [3.8, 4) is 0 Å². The van der Waals surface area contributed by atoms with Crippen molar-refractivity contribution in [2.75, 3.05) is 11.9 Å². The average molecular weight is 541 g/mol. The fraction of sp³-hybridized carbons (Fsp3) is 0.192. The number of nitrogens with zero attached hydrogens (tertiary/aromatic N) is 1. The van der Waals surface area contributed by atoms with Gasteiger partial charge in [0.1, 0.15) is 4.90 Å². The standard InChI is InChI=1S/C26H21ClN2O7S/c1-3-36-26(32)29-20-6-4-5-14-10-17-23(16(24(14)20)12-22(29)30)13(2)9-19(25(17)31)28-18-8-7-15(27)11-21(18)37(33,34)35/h4,6-12,17,28H,3,5H2,1-2H3,(H,33,34,35). The van der Waals surface area contributed by atoms with Gasteiger partial charge in [0.2, 0.25) is 0 Å². The number of ketones is 1. The van der Waals surface area contributed by atoms with Gasteiger partial charge in [0, 0.05) is 16.7 Å². The molecule has 11 heteroatoms. The largest absolute Gasteiger partial charge is 0.449 e. The Labute approximate surface area is 217 Å². The molecule has 1 aromatic heterocycles. The number of ether oxygens (including phenoxy) is 1. The van der Waals surface area contributed by atoms with E-state index in [0.717, 1.165) is 16.2 Å². The van der Waals surface area contributed by atoms with E-state index in [0.29, 0.717) is 34.4 Å². The van der Waals surface area contributed by atoms with Crippen LogP contribution in [0.15, 0.2) is 63.5 Å². The molecular weight excluding hydrogens is 520 g/mol. The molecule has 3 aliphatic carbocycles. The Morgan fingerprint density at radius 3 is 2.73 bits per heavy atom. The highest BCUT2D eigenvalue weighted by Crippen LogP contribution is 2.46. The summed E-state index contributed by atoms with van der Waals surface area (Å²) in [5, 5.41) is 2.94. The van der Waals surface area contributed by atoms with E-state index in [1.165, 1.54) is 18.2 Å². The van der Waals surface area contributed by atoms with Crippen LogP contribution in [-0.4, -0.2) is 36.0 Å². The highest BCUT2D eigenvalue weighted by Gasteiger charge is 2.38. The quantitative estimate of drug-likeness (QED) is 0.540. The van der Waals surface area contributed by atoms with Crippen LogP contribution in [0.5, 0.6) is 0 Å². The molecule has 1 atom stereocenters. The maximum absolute atomic E-state index is 13.6. The summed E-state index contributed by atoms with van der Waals surface area (Å²) in [6, 6.07) is 5.23. The monoisotopic (exact) mass is 540 g/mol. The molecule has 2 aromatic rings. The molecule has 0 radical (unpaired) electrons. The van der Waals surface area contributed by atoms with Crippen LogP contribution in [0.2, 0.25) is 5.02 Å². The van der Waals surface area contributed by atoms with Gasteiger partial charge in [0.15, 0.2) is 5.78 Å². The van der Waals surface area contributed by atoms with E-state index in [4.69, 9.17) is 16.3 Å². The zero-order chi connectivity index (χ0) is 26.6. The molecule has 0 bridgehead atoms. The molecule has 190 valence electrons. The van der Waals surface area contributed by atoms with Crippen LogP contribution >= 0.6 is 11.6 Å². The first-order chi connectivity index (χ1) is 17.5. The lowest BCUT2D eigenvalue weighted by molar-refractivity contribution is -0.116. The molecule has 1 aromatic carbocycles. The van der Waals surface area contributed by atoms with E-state index >= 15 is 0 Å². The predicted molar refractivity (Wildman–Crippen MR) is 139 cm³/mol. The molecule has 0 saturated heterocycles. The maximum atomic E-state index is 13.6. The Morgan fingerprint density at radius 2 is 2.03 bits per heavy atom. The highest BCUT2D eigenvalue weighted by molar-refractivity contribution is 7.86. The number of allylic oxidation sites excluding steroid dienone is 7. The third kappa shape index (κ3) is 4.16. The zero-order valence-corrected chi connectivity index (χ0v) is 21.3. The SMILES string of the molecule is CCOC(=O)n1c2c3c(cc1=O)C1=C(C)C=C(Nc4ccc(Cl)cc4S(=O)(=O)O)C(=O)C1C=C3CC=C2. The number of fused-ring (bicyclic) bond motifs is 2. The number of nitrogens with one attached hydrogen (secondary N) is 1. The van der Waals surface area contributed by atoms with Gasteiger partial charge in [-0.3, -0.25) is 14.1 Å². The van der Waals surface area contributed by atoms with Crippen molar-refractivity contribution in [2.24, 2.45) is 5.92 Å². The van der Waals surface area contributed by atoms with Gasteiger partial charge in [0.05, 0.1) is 29.6 Å². The smallest absolute Gasteiger partial charge is 0.421 e. The normalized spacial score (nSPS) is 18.1. The minimum Gasteiger partial charge on any atom is -0.449 e. The summed E-state index contributed by atoms with van der Waals surface area (Å²) in [6.07, 6.45) is 6.60. The molecule has 0 amide bonds. The minimum absolute atomic E-state index is 0.00757. The van der Waals surface area contributed by atoms with Crippen molar-refractivity contribution in [2.45, 2.75) is 25.2 Å². The molecule has 1 unspecified atom stereocenters. The summed E-state index contributed by atoms with van der Waals surface area (Å²) in [6.45, 7) is 3.55. The molecule has 0 aliphatic heterocycles. The summed E-state index contributed by atoms with van der Waals surface area (Å²) in [5.41, 5.74) is 3.29. The van der Waals surface area contributed by atoms with E-state index in [1.54, 1.807) is 32.1 Å². The molecule has 2 N–H and O–H groups in total. The molecule has 9 nitrogen and oxygen atoms in total. The average Bonchev–Trinajstić information content (AvgIpc) is 2.82. The van der Waals surface area contributed by atoms with Crippen LogP contribution in [0.25, 0.3) is 17.2 Å². The fourth-order valence-electron chi connectivity index (χ4n) is 4.97. The number of hydrogen-bond donors (Lipinski definition) is 2. The molecule has 1 heterocycles. The van der Waals surface area contributed by atoms with Gasteiger partial charge in [-0.05, 0) is 72.9 Å². The van der Waals surface area contributed by atoms with E-state index in [1.807, 2.05) is 6.08 Å². The van der Waals surface area contributed by atoms with Gasteiger partial charge >= 0.3 is 6.09 Å². The number of carbonyl (C=O) groups excluding carboxylic acids is 2. The summed E-state index contributed by atoms with van der Waals surface area (Å²) < 4.78 is 39.5. The Hall–Kier alpha value is -3.73. The van der Waals surface area contributed by atoms with Crippen molar-refractivity contribution < 1.29 is 27.3 Å². The van der Waals surface area contributed by atoms with E-state index in [-0.39, 0.29) is 28.8 Å². The Balaban J connectivity index is 1.66. The maximum Gasteiger partial charge on any atom is 0.421 e. The van der Waals surface area contributed by atoms with Crippen molar-refractivity contribution in [3.63, 3.8) is 0 Å². The van der Waals surface area contributed by atoms with Gasteiger partial charge in [-0.15, -0.1) is 0 Å². The zero-order valence-electron chi connectivity index (χ0n) is 19.7. The van der Waals surface area contributed by atoms with Crippen LogP contribution in [0, 0.1) is 5.92 Å². The Morgan fingerprint density at radius 1 is 1.27 bits per heavy atom. The van der Waals surface area contributed by atoms with Crippen molar-refractivity contribution in [3.05, 3.63) is 86.0 Å². The number of pyridine rings is 1. The fourth-order valence-corrected chi connectivity index (χ4v) is 5.88. The van der Waals surface area contributed by atoms with E-state index in [9.17, 15) is 27.4 Å². The van der Waals surface area contributed by atoms with E-state index < -0.39 is 32.6 Å². The van der Waals surface area contributed by atoms with Crippen molar-refractivity contribution in [1.82, 2.24) is 4.57 Å². The first-order valence-electron chi connectivity index (χ1n) is 11.4. The lowest BCUT2D eigenvalue weighted by Crippen LogP contribution is -2.34.